The van der Waals surface area contributed by atoms with Crippen LogP contribution in [0, 0.1) is 6.92 Å². The Hall–Kier alpha value is -3.71. The number of aromatic nitrogens is 3. The second kappa shape index (κ2) is 9.40. The number of benzene rings is 3. The van der Waals surface area contributed by atoms with Gasteiger partial charge < -0.3 is 0 Å². The number of carbonyl (C=O) groups is 1. The molecule has 1 aromatic heterocycles. The minimum absolute atomic E-state index is 0.158. The predicted octanol–water partition coefficient (Wildman–Crippen LogP) is 5.35. The van der Waals surface area contributed by atoms with Gasteiger partial charge in [-0.2, -0.15) is 5.10 Å². The lowest BCUT2D eigenvalue weighted by atomic mass is 10.2. The van der Waals surface area contributed by atoms with Crippen molar-refractivity contribution in [1.29, 1.82) is 0 Å². The normalized spacial score (nSPS) is 11.4. The zero-order valence-electron chi connectivity index (χ0n) is 17.2. The molecule has 0 atom stereocenters. The summed E-state index contributed by atoms with van der Waals surface area (Å²) in [5.74, 6) is 0.540. The minimum Gasteiger partial charge on any atom is -0.292 e. The minimum atomic E-state index is -0.158. The molecule has 0 aliphatic heterocycles. The fourth-order valence-corrected chi connectivity index (χ4v) is 3.78. The Bertz CT molecular complexity index is 1220. The largest absolute Gasteiger partial charge is 0.292 e. The van der Waals surface area contributed by atoms with Gasteiger partial charge in [0.25, 0.3) is 0 Å². The van der Waals surface area contributed by atoms with Crippen molar-refractivity contribution < 1.29 is 4.79 Å². The van der Waals surface area contributed by atoms with Crippen molar-refractivity contribution in [3.8, 4) is 17.1 Å². The summed E-state index contributed by atoms with van der Waals surface area (Å²) >= 11 is 1.18. The van der Waals surface area contributed by atoms with E-state index in [1.165, 1.54) is 18.7 Å². The van der Waals surface area contributed by atoms with Crippen molar-refractivity contribution >= 4 is 28.3 Å². The fourth-order valence-electron chi connectivity index (χ4n) is 3.01. The number of hydrogen-bond donors (Lipinski definition) is 1. The topological polar surface area (TPSA) is 72.2 Å². The molecule has 1 heterocycles. The van der Waals surface area contributed by atoms with Crippen molar-refractivity contribution in [2.24, 2.45) is 5.10 Å². The number of nitrogens with one attached hydrogen (secondary N) is 1. The molecular formula is C24H21N5OS. The van der Waals surface area contributed by atoms with Crippen molar-refractivity contribution in [3.63, 3.8) is 0 Å². The molecule has 7 heteroatoms. The highest BCUT2D eigenvalue weighted by Gasteiger charge is 2.20. The molecule has 1 N–H and O–H groups in total. The Morgan fingerprint density at radius 2 is 1.65 bits per heavy atom. The Balaban J connectivity index is 1.72. The first-order valence-corrected chi connectivity index (χ1v) is 10.6. The van der Waals surface area contributed by atoms with Gasteiger partial charge in [-0.25, -0.2) is 0 Å². The summed E-state index contributed by atoms with van der Waals surface area (Å²) < 4.78 is 1.94. The molecule has 0 aliphatic rings. The Kier molecular flexibility index (Phi) is 6.24. The Morgan fingerprint density at radius 3 is 2.32 bits per heavy atom. The maximum Gasteiger partial charge on any atom is 0.202 e. The maximum atomic E-state index is 12.3. The highest BCUT2D eigenvalue weighted by molar-refractivity contribution is 8.15. The van der Waals surface area contributed by atoms with E-state index in [9.17, 15) is 4.79 Å². The second-order valence-corrected chi connectivity index (χ2v) is 7.86. The zero-order valence-corrected chi connectivity index (χ0v) is 18.0. The molecule has 0 unspecified atom stereocenters. The summed E-state index contributed by atoms with van der Waals surface area (Å²) in [5.41, 5.74) is 6.73. The van der Waals surface area contributed by atoms with Gasteiger partial charge in [-0.3, -0.25) is 14.8 Å². The van der Waals surface area contributed by atoms with E-state index in [0.717, 1.165) is 22.5 Å². The summed E-state index contributed by atoms with van der Waals surface area (Å²) in [6.07, 6.45) is 0. The van der Waals surface area contributed by atoms with Crippen molar-refractivity contribution in [1.82, 2.24) is 14.8 Å². The lowest BCUT2D eigenvalue weighted by Gasteiger charge is -2.10. The monoisotopic (exact) mass is 427 g/mol. The second-order valence-electron chi connectivity index (χ2n) is 6.90. The van der Waals surface area contributed by atoms with Crippen LogP contribution in [-0.2, 0) is 4.79 Å². The Labute approximate surface area is 185 Å². The van der Waals surface area contributed by atoms with Crippen LogP contribution in [0.1, 0.15) is 12.5 Å². The smallest absolute Gasteiger partial charge is 0.202 e. The number of aryl methyl sites for hydroxylation is 1. The first-order valence-electron chi connectivity index (χ1n) is 9.77. The number of rotatable bonds is 6. The van der Waals surface area contributed by atoms with E-state index < -0.39 is 0 Å². The van der Waals surface area contributed by atoms with Crippen LogP contribution in [0.5, 0.6) is 0 Å². The van der Waals surface area contributed by atoms with Crippen LogP contribution < -0.4 is 5.43 Å². The van der Waals surface area contributed by atoms with Crippen LogP contribution in [0.3, 0.4) is 0 Å². The molecule has 0 fully saturated rings. The predicted molar refractivity (Wildman–Crippen MR) is 126 cm³/mol. The van der Waals surface area contributed by atoms with Gasteiger partial charge in [0.2, 0.25) is 5.16 Å². The molecule has 0 spiro atoms. The van der Waals surface area contributed by atoms with Crippen LogP contribution in [0.2, 0.25) is 0 Å². The number of ketones is 1. The highest BCUT2D eigenvalue weighted by atomic mass is 32.2. The fraction of sp³-hybridized carbons (Fsp3) is 0.0833. The molecule has 0 aliphatic carbocycles. The Morgan fingerprint density at radius 1 is 0.935 bits per heavy atom. The van der Waals surface area contributed by atoms with Gasteiger partial charge in [-0.1, -0.05) is 60.7 Å². The van der Waals surface area contributed by atoms with E-state index in [0.29, 0.717) is 16.0 Å². The molecule has 4 rings (SSSR count). The third-order valence-corrected chi connectivity index (χ3v) is 5.49. The molecule has 0 radical (unpaired) electrons. The van der Waals surface area contributed by atoms with Crippen molar-refractivity contribution in [2.45, 2.75) is 19.0 Å². The third-order valence-electron chi connectivity index (χ3n) is 4.47. The molecule has 0 saturated carbocycles. The van der Waals surface area contributed by atoms with Crippen LogP contribution in [0.4, 0.5) is 5.69 Å². The molecule has 31 heavy (non-hydrogen) atoms. The van der Waals surface area contributed by atoms with Crippen LogP contribution in [0.25, 0.3) is 17.1 Å². The van der Waals surface area contributed by atoms with Gasteiger partial charge in [-0.05, 0) is 48.5 Å². The van der Waals surface area contributed by atoms with Gasteiger partial charge in [0, 0.05) is 18.2 Å². The van der Waals surface area contributed by atoms with Crippen molar-refractivity contribution in [3.05, 3.63) is 90.5 Å². The number of Topliss-reactive ketones (excluding diaryl/α,β-unsaturated/α-hetero) is 1. The van der Waals surface area contributed by atoms with Crippen molar-refractivity contribution in [2.75, 3.05) is 5.43 Å². The first kappa shape index (κ1) is 20.6. The summed E-state index contributed by atoms with van der Waals surface area (Å²) in [5, 5.41) is 14.0. The molecule has 0 saturated heterocycles. The van der Waals surface area contributed by atoms with Gasteiger partial charge in [-0.15, -0.1) is 10.2 Å². The molecule has 6 nitrogen and oxygen atoms in total. The van der Waals surface area contributed by atoms with E-state index in [1.54, 1.807) is 0 Å². The number of hydrazone groups is 1. The van der Waals surface area contributed by atoms with Crippen LogP contribution in [-0.4, -0.2) is 25.6 Å². The lowest BCUT2D eigenvalue weighted by Crippen LogP contribution is -2.10. The average molecular weight is 428 g/mol. The van der Waals surface area contributed by atoms with Gasteiger partial charge in [0.15, 0.2) is 16.7 Å². The summed E-state index contributed by atoms with van der Waals surface area (Å²) in [6, 6.07) is 27.5. The summed E-state index contributed by atoms with van der Waals surface area (Å²) in [4.78, 5) is 12.3. The third kappa shape index (κ3) is 4.90. The molecular weight excluding hydrogens is 406 g/mol. The number of carbonyl (C=O) groups excluding carboxylic acids is 1. The molecule has 154 valence electrons. The molecule has 4 aromatic rings. The molecule has 0 amide bonds. The number of para-hydroxylation sites is 1. The average Bonchev–Trinajstić information content (AvgIpc) is 3.21. The molecule has 0 bridgehead atoms. The number of nitrogens with zero attached hydrogens (tertiary/aromatic N) is 4. The molecule has 3 aromatic carbocycles. The quantitative estimate of drug-likeness (QED) is 0.194. The zero-order chi connectivity index (χ0) is 21.6. The van der Waals surface area contributed by atoms with Crippen LogP contribution >= 0.6 is 11.8 Å². The van der Waals surface area contributed by atoms with E-state index in [2.05, 4.69) is 20.7 Å². The van der Waals surface area contributed by atoms with E-state index >= 15 is 0 Å². The van der Waals surface area contributed by atoms with E-state index in [-0.39, 0.29) is 5.78 Å². The summed E-state index contributed by atoms with van der Waals surface area (Å²) in [6.45, 7) is 3.49. The van der Waals surface area contributed by atoms with Gasteiger partial charge in [0.05, 0.1) is 5.69 Å². The first-order chi connectivity index (χ1) is 15.1. The van der Waals surface area contributed by atoms with E-state index in [4.69, 9.17) is 0 Å². The van der Waals surface area contributed by atoms with Crippen LogP contribution in [0.15, 0.2) is 95.2 Å². The lowest BCUT2D eigenvalue weighted by molar-refractivity contribution is -0.110. The van der Waals surface area contributed by atoms with Gasteiger partial charge >= 0.3 is 0 Å². The number of thioether (sulfide) groups is 1. The number of anilines is 1. The standard InChI is InChI=1S/C24H21N5OS/c1-17-10-9-13-20(16-17)25-27-23(18(2)30)31-24-28-26-22(19-11-5-3-6-12-19)29(24)21-14-7-4-8-15-21/h3-16,25H,1-2H3/b27-23+. The van der Waals surface area contributed by atoms with Gasteiger partial charge in [0.1, 0.15) is 0 Å². The maximum absolute atomic E-state index is 12.3. The highest BCUT2D eigenvalue weighted by Crippen LogP contribution is 2.29. The number of hydrogen-bond acceptors (Lipinski definition) is 6. The SMILES string of the molecule is CC(=O)/C(=N\Nc1cccc(C)c1)Sc1nnc(-c2ccccc2)n1-c1ccccc1. The van der Waals surface area contributed by atoms with E-state index in [1.807, 2.05) is 96.4 Å². The summed E-state index contributed by atoms with van der Waals surface area (Å²) in [7, 11) is 0.